The largest absolute Gasteiger partial charge is 0.380 e. The molecule has 1 amide bonds. The van der Waals surface area contributed by atoms with E-state index in [9.17, 15) is 13.2 Å². The third-order valence-corrected chi connectivity index (χ3v) is 4.32. The molecule has 1 atom stereocenters. The molecule has 0 aliphatic rings. The monoisotopic (exact) mass is 385 g/mol. The van der Waals surface area contributed by atoms with Gasteiger partial charge in [0.1, 0.15) is 0 Å². The van der Waals surface area contributed by atoms with Crippen LogP contribution in [0.25, 0.3) is 0 Å². The summed E-state index contributed by atoms with van der Waals surface area (Å²) >= 11 is 0. The van der Waals surface area contributed by atoms with Crippen molar-refractivity contribution in [2.24, 2.45) is 16.8 Å². The van der Waals surface area contributed by atoms with Crippen molar-refractivity contribution >= 4 is 21.9 Å². The molecule has 0 radical (unpaired) electrons. The maximum absolute atomic E-state index is 12.3. The number of carbonyl (C=O) groups excluding carboxylic acids is 1. The molecule has 1 aromatic carbocycles. The molecule has 8 heteroatoms. The summed E-state index contributed by atoms with van der Waals surface area (Å²) in [7, 11) is -4.16. The molecule has 1 aromatic rings. The SMILES string of the molecule is CC(C)C[C@@H](N)C(=O)Nc1cc(C(C)C)c(OS(N)(=O)=O)c(C(C)C)c1. The van der Waals surface area contributed by atoms with Gasteiger partial charge in [-0.15, -0.1) is 0 Å². The van der Waals surface area contributed by atoms with Crippen LogP contribution in [0.5, 0.6) is 5.75 Å². The zero-order chi connectivity index (χ0) is 20.2. The molecule has 0 saturated carbocycles. The first kappa shape index (κ1) is 22.4. The standard InChI is InChI=1S/C18H31N3O4S/c1-10(2)7-16(19)18(22)21-13-8-14(11(3)4)17(25-26(20,23)24)15(9-13)12(5)6/h8-12,16H,7,19H2,1-6H3,(H,21,22)(H2,20,23,24)/t16-/m1/s1. The highest BCUT2D eigenvalue weighted by Crippen LogP contribution is 2.38. The Morgan fingerprint density at radius 3 is 1.88 bits per heavy atom. The fourth-order valence-electron chi connectivity index (χ4n) is 2.67. The molecule has 0 heterocycles. The number of anilines is 1. The summed E-state index contributed by atoms with van der Waals surface area (Å²) in [6.45, 7) is 11.6. The lowest BCUT2D eigenvalue weighted by molar-refractivity contribution is -0.117. The quantitative estimate of drug-likeness (QED) is 0.634. The Bertz CT molecular complexity index is 714. The fourth-order valence-corrected chi connectivity index (χ4v) is 3.09. The van der Waals surface area contributed by atoms with Crippen LogP contribution >= 0.6 is 0 Å². The van der Waals surface area contributed by atoms with Crippen molar-refractivity contribution < 1.29 is 17.4 Å². The Morgan fingerprint density at radius 1 is 1.08 bits per heavy atom. The van der Waals surface area contributed by atoms with E-state index in [1.165, 1.54) is 0 Å². The van der Waals surface area contributed by atoms with Gasteiger partial charge < -0.3 is 15.2 Å². The summed E-state index contributed by atoms with van der Waals surface area (Å²) in [5.41, 5.74) is 7.80. The van der Waals surface area contributed by atoms with Gasteiger partial charge in [0, 0.05) is 16.8 Å². The van der Waals surface area contributed by atoms with E-state index in [1.54, 1.807) is 12.1 Å². The van der Waals surface area contributed by atoms with Crippen molar-refractivity contribution in [1.82, 2.24) is 0 Å². The maximum Gasteiger partial charge on any atom is 0.380 e. The number of hydrogen-bond donors (Lipinski definition) is 3. The van der Waals surface area contributed by atoms with Crippen molar-refractivity contribution in [3.8, 4) is 5.75 Å². The van der Waals surface area contributed by atoms with Gasteiger partial charge in [0.05, 0.1) is 6.04 Å². The van der Waals surface area contributed by atoms with Crippen LogP contribution in [0.2, 0.25) is 0 Å². The third kappa shape index (κ3) is 6.59. The van der Waals surface area contributed by atoms with E-state index in [1.807, 2.05) is 41.5 Å². The Kier molecular flexibility index (Phi) is 7.61. The summed E-state index contributed by atoms with van der Waals surface area (Å²) in [5.74, 6) is 0.180. The van der Waals surface area contributed by atoms with Crippen LogP contribution in [0.15, 0.2) is 12.1 Å². The zero-order valence-electron chi connectivity index (χ0n) is 16.4. The maximum atomic E-state index is 12.3. The Balaban J connectivity index is 3.33. The summed E-state index contributed by atoms with van der Waals surface area (Å²) in [5, 5.41) is 7.90. The first-order valence-corrected chi connectivity index (χ1v) is 10.3. The normalized spacial score (nSPS) is 13.3. The number of hydrogen-bond acceptors (Lipinski definition) is 5. The zero-order valence-corrected chi connectivity index (χ0v) is 17.2. The second-order valence-electron chi connectivity index (χ2n) is 7.59. The lowest BCUT2D eigenvalue weighted by Crippen LogP contribution is -2.36. The second-order valence-corrected chi connectivity index (χ2v) is 8.75. The molecule has 0 spiro atoms. The number of nitrogens with one attached hydrogen (secondary N) is 1. The van der Waals surface area contributed by atoms with Crippen LogP contribution in [0.1, 0.15) is 70.9 Å². The summed E-state index contributed by atoms with van der Waals surface area (Å²) in [6.07, 6.45) is 0.576. The first-order valence-electron chi connectivity index (χ1n) is 8.78. The molecule has 0 saturated heterocycles. The number of nitrogens with two attached hydrogens (primary N) is 2. The van der Waals surface area contributed by atoms with Gasteiger partial charge in [-0.1, -0.05) is 41.5 Å². The molecule has 5 N–H and O–H groups in total. The summed E-state index contributed by atoms with van der Waals surface area (Å²) in [6, 6.07) is 2.80. The second kappa shape index (κ2) is 8.83. The van der Waals surface area contributed by atoms with Crippen molar-refractivity contribution in [3.63, 3.8) is 0 Å². The predicted octanol–water partition coefficient (Wildman–Crippen LogP) is 2.83. The van der Waals surface area contributed by atoms with Crippen molar-refractivity contribution in [1.29, 1.82) is 0 Å². The molecule has 0 aliphatic carbocycles. The van der Waals surface area contributed by atoms with Crippen LogP contribution in [0.4, 0.5) is 5.69 Å². The van der Waals surface area contributed by atoms with Gasteiger partial charge in [0.15, 0.2) is 5.75 Å². The minimum absolute atomic E-state index is 0.0366. The van der Waals surface area contributed by atoms with Gasteiger partial charge in [0.2, 0.25) is 5.91 Å². The average molecular weight is 386 g/mol. The van der Waals surface area contributed by atoms with Gasteiger partial charge in [-0.05, 0) is 36.3 Å². The molecule has 0 unspecified atom stereocenters. The Morgan fingerprint density at radius 2 is 1.54 bits per heavy atom. The summed E-state index contributed by atoms with van der Waals surface area (Å²) < 4.78 is 28.0. The van der Waals surface area contributed by atoms with Crippen molar-refractivity contribution in [2.45, 2.75) is 65.8 Å². The highest BCUT2D eigenvalue weighted by Gasteiger charge is 2.22. The highest BCUT2D eigenvalue weighted by atomic mass is 32.2. The molecular formula is C18H31N3O4S. The van der Waals surface area contributed by atoms with Gasteiger partial charge in [-0.2, -0.15) is 13.6 Å². The molecule has 7 nitrogen and oxygen atoms in total. The lowest BCUT2D eigenvalue weighted by atomic mass is 9.93. The molecule has 148 valence electrons. The number of benzene rings is 1. The number of carbonyl (C=O) groups is 1. The van der Waals surface area contributed by atoms with E-state index in [-0.39, 0.29) is 23.5 Å². The Labute approximate surface area is 156 Å². The lowest BCUT2D eigenvalue weighted by Gasteiger charge is -2.21. The van der Waals surface area contributed by atoms with E-state index in [0.29, 0.717) is 29.2 Å². The van der Waals surface area contributed by atoms with E-state index < -0.39 is 16.3 Å². The first-order chi connectivity index (χ1) is 11.8. The van der Waals surface area contributed by atoms with Crippen LogP contribution in [0, 0.1) is 5.92 Å². The van der Waals surface area contributed by atoms with Crippen molar-refractivity contribution in [3.05, 3.63) is 23.3 Å². The average Bonchev–Trinajstić information content (AvgIpc) is 2.45. The van der Waals surface area contributed by atoms with Crippen molar-refractivity contribution in [2.75, 3.05) is 5.32 Å². The van der Waals surface area contributed by atoms with Gasteiger partial charge in [0.25, 0.3) is 0 Å². The summed E-state index contributed by atoms with van der Waals surface area (Å²) in [4.78, 5) is 12.3. The number of amides is 1. The van der Waals surface area contributed by atoms with Crippen LogP contribution < -0.4 is 20.4 Å². The molecule has 1 rings (SSSR count). The fraction of sp³-hybridized carbons (Fsp3) is 0.611. The highest BCUT2D eigenvalue weighted by molar-refractivity contribution is 7.84. The molecule has 0 fully saturated rings. The predicted molar refractivity (Wildman–Crippen MR) is 104 cm³/mol. The van der Waals surface area contributed by atoms with Gasteiger partial charge >= 0.3 is 10.3 Å². The molecule has 26 heavy (non-hydrogen) atoms. The molecule has 0 aromatic heterocycles. The van der Waals surface area contributed by atoms with Crippen LogP contribution in [-0.2, 0) is 15.1 Å². The van der Waals surface area contributed by atoms with Crippen LogP contribution in [0.3, 0.4) is 0 Å². The van der Waals surface area contributed by atoms with E-state index in [0.717, 1.165) is 0 Å². The van der Waals surface area contributed by atoms with Gasteiger partial charge in [-0.3, -0.25) is 4.79 Å². The minimum Gasteiger partial charge on any atom is -0.370 e. The molecular weight excluding hydrogens is 354 g/mol. The smallest absolute Gasteiger partial charge is 0.370 e. The topological polar surface area (TPSA) is 125 Å². The van der Waals surface area contributed by atoms with E-state index >= 15 is 0 Å². The van der Waals surface area contributed by atoms with E-state index in [2.05, 4.69) is 5.32 Å². The van der Waals surface area contributed by atoms with Gasteiger partial charge in [-0.25, -0.2) is 0 Å². The minimum atomic E-state index is -4.16. The van der Waals surface area contributed by atoms with E-state index in [4.69, 9.17) is 15.1 Å². The Hall–Kier alpha value is -1.64. The third-order valence-electron chi connectivity index (χ3n) is 3.92. The number of rotatable bonds is 8. The van der Waals surface area contributed by atoms with Crippen LogP contribution in [-0.4, -0.2) is 20.4 Å². The molecule has 0 aliphatic heterocycles. The molecule has 0 bridgehead atoms.